The van der Waals surface area contributed by atoms with Gasteiger partial charge in [0, 0.05) is 17.4 Å². The average Bonchev–Trinajstić information content (AvgIpc) is 2.55. The maximum Gasteiger partial charge on any atom is 0.131 e. The first-order valence-corrected chi connectivity index (χ1v) is 7.69. The topological polar surface area (TPSA) is 70.5 Å². The van der Waals surface area contributed by atoms with Gasteiger partial charge in [-0.3, -0.25) is 0 Å². The molecule has 4 N–H and O–H groups in total. The molecule has 3 aromatic rings. The maximum atomic E-state index is 5.88. The Morgan fingerprint density at radius 1 is 0.583 bits per heavy atom. The molecule has 122 valence electrons. The second kappa shape index (κ2) is 6.54. The highest BCUT2D eigenvalue weighted by molar-refractivity contribution is 5.52. The van der Waals surface area contributed by atoms with Crippen LogP contribution in [0, 0.1) is 13.8 Å². The molecule has 0 saturated heterocycles. The van der Waals surface area contributed by atoms with Gasteiger partial charge in [0.15, 0.2) is 0 Å². The van der Waals surface area contributed by atoms with E-state index in [9.17, 15) is 0 Å². The Morgan fingerprint density at radius 2 is 1.00 bits per heavy atom. The van der Waals surface area contributed by atoms with Gasteiger partial charge in [0.2, 0.25) is 0 Å². The summed E-state index contributed by atoms with van der Waals surface area (Å²) < 4.78 is 11.8. The average molecular weight is 320 g/mol. The summed E-state index contributed by atoms with van der Waals surface area (Å²) >= 11 is 0. The SMILES string of the molecule is Cc1cc(Oc2cccc(Oc3ccc(N)c(C)c3)c2)ccc1N. The van der Waals surface area contributed by atoms with Crippen molar-refractivity contribution in [2.24, 2.45) is 0 Å². The standard InChI is InChI=1S/C20H20N2O2/c1-13-10-17(6-8-19(13)21)23-15-4-3-5-16(12-15)24-18-7-9-20(22)14(2)11-18/h3-12H,21-22H2,1-2H3. The molecule has 0 aromatic heterocycles. The van der Waals surface area contributed by atoms with Crippen molar-refractivity contribution in [3.63, 3.8) is 0 Å². The van der Waals surface area contributed by atoms with Crippen LogP contribution < -0.4 is 20.9 Å². The summed E-state index contributed by atoms with van der Waals surface area (Å²) in [4.78, 5) is 0. The quantitative estimate of drug-likeness (QED) is 0.660. The number of ether oxygens (including phenoxy) is 2. The zero-order valence-corrected chi connectivity index (χ0v) is 13.7. The smallest absolute Gasteiger partial charge is 0.131 e. The van der Waals surface area contributed by atoms with Crippen LogP contribution in [0.2, 0.25) is 0 Å². The first-order chi connectivity index (χ1) is 11.5. The first-order valence-electron chi connectivity index (χ1n) is 7.69. The highest BCUT2D eigenvalue weighted by Crippen LogP contribution is 2.30. The molecule has 3 aromatic carbocycles. The number of nitrogen functional groups attached to an aromatic ring is 2. The van der Waals surface area contributed by atoms with Crippen LogP contribution in [0.4, 0.5) is 11.4 Å². The highest BCUT2D eigenvalue weighted by Gasteiger charge is 2.04. The van der Waals surface area contributed by atoms with Gasteiger partial charge in [-0.1, -0.05) is 6.07 Å². The zero-order valence-electron chi connectivity index (χ0n) is 13.7. The van der Waals surface area contributed by atoms with E-state index in [0.29, 0.717) is 11.5 Å². The van der Waals surface area contributed by atoms with Crippen LogP contribution in [-0.2, 0) is 0 Å². The Hall–Kier alpha value is -3.14. The van der Waals surface area contributed by atoms with Crippen LogP contribution in [0.3, 0.4) is 0 Å². The fourth-order valence-electron chi connectivity index (χ4n) is 2.30. The number of aryl methyl sites for hydroxylation is 2. The number of hydrogen-bond donors (Lipinski definition) is 2. The van der Waals surface area contributed by atoms with Crippen LogP contribution in [0.15, 0.2) is 60.7 Å². The Kier molecular flexibility index (Phi) is 4.29. The maximum absolute atomic E-state index is 5.88. The molecule has 0 unspecified atom stereocenters. The molecule has 4 heteroatoms. The van der Waals surface area contributed by atoms with Crippen LogP contribution in [-0.4, -0.2) is 0 Å². The normalized spacial score (nSPS) is 10.4. The summed E-state index contributed by atoms with van der Waals surface area (Å²) in [6.45, 7) is 3.90. The van der Waals surface area contributed by atoms with Gasteiger partial charge in [0.05, 0.1) is 0 Å². The fraction of sp³-hybridized carbons (Fsp3) is 0.100. The molecule has 3 rings (SSSR count). The van der Waals surface area contributed by atoms with Gasteiger partial charge in [0.1, 0.15) is 23.0 Å². The Balaban J connectivity index is 1.78. The molecule has 0 aliphatic heterocycles. The van der Waals surface area contributed by atoms with Gasteiger partial charge in [-0.2, -0.15) is 0 Å². The summed E-state index contributed by atoms with van der Waals surface area (Å²) in [6, 6.07) is 18.7. The van der Waals surface area contributed by atoms with Crippen molar-refractivity contribution in [1.29, 1.82) is 0 Å². The molecule has 0 heterocycles. The number of rotatable bonds is 4. The van der Waals surface area contributed by atoms with Crippen LogP contribution in [0.25, 0.3) is 0 Å². The van der Waals surface area contributed by atoms with E-state index in [2.05, 4.69) is 0 Å². The Morgan fingerprint density at radius 3 is 1.42 bits per heavy atom. The molecular weight excluding hydrogens is 300 g/mol. The predicted molar refractivity (Wildman–Crippen MR) is 97.8 cm³/mol. The lowest BCUT2D eigenvalue weighted by Crippen LogP contribution is -1.92. The number of hydrogen-bond acceptors (Lipinski definition) is 4. The number of benzene rings is 3. The lowest BCUT2D eigenvalue weighted by molar-refractivity contribution is 0.460. The van der Waals surface area contributed by atoms with Gasteiger partial charge in [-0.15, -0.1) is 0 Å². The molecule has 0 amide bonds. The van der Waals surface area contributed by atoms with Crippen molar-refractivity contribution in [2.75, 3.05) is 11.5 Å². The van der Waals surface area contributed by atoms with Crippen LogP contribution >= 0.6 is 0 Å². The minimum absolute atomic E-state index is 0.698. The predicted octanol–water partition coefficient (Wildman–Crippen LogP) is 5.05. The van der Waals surface area contributed by atoms with Crippen molar-refractivity contribution < 1.29 is 9.47 Å². The van der Waals surface area contributed by atoms with E-state index in [1.54, 1.807) is 0 Å². The highest BCUT2D eigenvalue weighted by atomic mass is 16.5. The molecule has 0 aliphatic rings. The van der Waals surface area contributed by atoms with E-state index < -0.39 is 0 Å². The van der Waals surface area contributed by atoms with Gasteiger partial charge in [-0.05, 0) is 73.5 Å². The van der Waals surface area contributed by atoms with E-state index >= 15 is 0 Å². The molecule has 0 atom stereocenters. The van der Waals surface area contributed by atoms with Crippen molar-refractivity contribution in [1.82, 2.24) is 0 Å². The van der Waals surface area contributed by atoms with Gasteiger partial charge in [-0.25, -0.2) is 0 Å². The molecule has 0 radical (unpaired) electrons. The zero-order chi connectivity index (χ0) is 17.1. The summed E-state index contributed by atoms with van der Waals surface area (Å²) in [5.41, 5.74) is 15.1. The molecule has 0 saturated carbocycles. The second-order valence-electron chi connectivity index (χ2n) is 5.72. The molecule has 0 fully saturated rings. The van der Waals surface area contributed by atoms with E-state index in [-0.39, 0.29) is 0 Å². The third kappa shape index (κ3) is 3.60. The molecule has 0 bridgehead atoms. The van der Waals surface area contributed by atoms with Crippen molar-refractivity contribution >= 4 is 11.4 Å². The largest absolute Gasteiger partial charge is 0.457 e. The third-order valence-electron chi connectivity index (χ3n) is 3.76. The minimum atomic E-state index is 0.698. The van der Waals surface area contributed by atoms with Crippen molar-refractivity contribution in [3.05, 3.63) is 71.8 Å². The fourth-order valence-corrected chi connectivity index (χ4v) is 2.30. The summed E-state index contributed by atoms with van der Waals surface area (Å²) in [5.74, 6) is 2.87. The minimum Gasteiger partial charge on any atom is -0.457 e. The van der Waals surface area contributed by atoms with Gasteiger partial charge < -0.3 is 20.9 Å². The number of nitrogens with two attached hydrogens (primary N) is 2. The second-order valence-corrected chi connectivity index (χ2v) is 5.72. The number of anilines is 2. The monoisotopic (exact) mass is 320 g/mol. The van der Waals surface area contributed by atoms with E-state index in [1.165, 1.54) is 0 Å². The summed E-state index contributed by atoms with van der Waals surface area (Å²) in [5, 5.41) is 0. The lowest BCUT2D eigenvalue weighted by Gasteiger charge is -2.11. The van der Waals surface area contributed by atoms with E-state index in [0.717, 1.165) is 34.0 Å². The molecule has 24 heavy (non-hydrogen) atoms. The van der Waals surface area contributed by atoms with E-state index in [4.69, 9.17) is 20.9 Å². The van der Waals surface area contributed by atoms with E-state index in [1.807, 2.05) is 74.5 Å². The first kappa shape index (κ1) is 15.7. The van der Waals surface area contributed by atoms with Crippen molar-refractivity contribution in [3.8, 4) is 23.0 Å². The molecular formula is C20H20N2O2. The summed E-state index contributed by atoms with van der Waals surface area (Å²) in [7, 11) is 0. The third-order valence-corrected chi connectivity index (χ3v) is 3.76. The lowest BCUT2D eigenvalue weighted by atomic mass is 10.2. The van der Waals surface area contributed by atoms with Crippen LogP contribution in [0.5, 0.6) is 23.0 Å². The Labute approximate surface area is 141 Å². The molecule has 4 nitrogen and oxygen atoms in total. The van der Waals surface area contributed by atoms with Gasteiger partial charge in [0.25, 0.3) is 0 Å². The summed E-state index contributed by atoms with van der Waals surface area (Å²) in [6.07, 6.45) is 0. The Bertz CT molecular complexity index is 807. The molecule has 0 aliphatic carbocycles. The van der Waals surface area contributed by atoms with Gasteiger partial charge >= 0.3 is 0 Å². The van der Waals surface area contributed by atoms with Crippen LogP contribution in [0.1, 0.15) is 11.1 Å². The molecule has 0 spiro atoms. The van der Waals surface area contributed by atoms with Crippen molar-refractivity contribution in [2.45, 2.75) is 13.8 Å².